The monoisotopic (exact) mass is 498 g/mol. The second-order valence-corrected chi connectivity index (χ2v) is 10.4. The first kappa shape index (κ1) is 25.8. The fourth-order valence-corrected chi connectivity index (χ4v) is 6.65. The maximum atomic E-state index is 13.6. The van der Waals surface area contributed by atoms with Crippen LogP contribution < -0.4 is 10.1 Å². The summed E-state index contributed by atoms with van der Waals surface area (Å²) in [6.07, 6.45) is -0.254. The lowest BCUT2D eigenvalue weighted by Gasteiger charge is -2.59. The largest absolute Gasteiger partial charge is 0.489 e. The number of ether oxygens (including phenoxy) is 2. The number of benzene rings is 1. The molecular weight excluding hydrogens is 465 g/mol. The topological polar surface area (TPSA) is 88.1 Å². The van der Waals surface area contributed by atoms with Crippen LogP contribution in [0.15, 0.2) is 18.2 Å². The Labute approximate surface area is 202 Å². The van der Waals surface area contributed by atoms with E-state index in [-0.39, 0.29) is 43.6 Å². The molecule has 7 nitrogen and oxygen atoms in total. The van der Waals surface area contributed by atoms with Crippen LogP contribution in [0.25, 0.3) is 0 Å². The number of methoxy groups -OCH3 is 1. The minimum atomic E-state index is -4.59. The normalized spacial score (nSPS) is 29.2. The number of likely N-dealkylation sites (N-methyl/N-ethyl adjacent to an activating group) is 1. The molecule has 0 aliphatic heterocycles. The highest BCUT2D eigenvalue weighted by atomic mass is 19.4. The summed E-state index contributed by atoms with van der Waals surface area (Å²) in [5, 5.41) is 13.5. The van der Waals surface area contributed by atoms with Crippen LogP contribution in [-0.4, -0.2) is 60.8 Å². The molecule has 35 heavy (non-hydrogen) atoms. The van der Waals surface area contributed by atoms with Gasteiger partial charge in [0, 0.05) is 13.7 Å². The molecular formula is C25H33F3N2O5. The van der Waals surface area contributed by atoms with E-state index in [1.165, 1.54) is 12.0 Å². The van der Waals surface area contributed by atoms with Crippen LogP contribution in [0.4, 0.5) is 18.9 Å². The lowest BCUT2D eigenvalue weighted by Crippen LogP contribution is -2.61. The summed E-state index contributed by atoms with van der Waals surface area (Å²) in [6.45, 7) is 2.07. The molecule has 4 bridgehead atoms. The number of hydrogen-bond acceptors (Lipinski definition) is 5. The Kier molecular flexibility index (Phi) is 7.07. The molecule has 4 saturated carbocycles. The van der Waals surface area contributed by atoms with Crippen LogP contribution in [0.2, 0.25) is 0 Å². The summed E-state index contributed by atoms with van der Waals surface area (Å²) in [7, 11) is 1.47. The van der Waals surface area contributed by atoms with Gasteiger partial charge in [-0.05, 0) is 75.5 Å². The number of alkyl halides is 3. The summed E-state index contributed by atoms with van der Waals surface area (Å²) in [4.78, 5) is 28.0. The molecule has 2 unspecified atom stereocenters. The lowest BCUT2D eigenvalue weighted by atomic mass is 9.47. The summed E-state index contributed by atoms with van der Waals surface area (Å²) >= 11 is 0. The number of nitrogens with one attached hydrogen (secondary N) is 1. The number of carbonyl (C=O) groups is 2. The fourth-order valence-electron chi connectivity index (χ4n) is 6.65. The van der Waals surface area contributed by atoms with Gasteiger partial charge < -0.3 is 24.8 Å². The van der Waals surface area contributed by atoms with E-state index in [0.29, 0.717) is 31.1 Å². The third kappa shape index (κ3) is 5.43. The second kappa shape index (κ2) is 9.61. The molecule has 0 radical (unpaired) electrons. The van der Waals surface area contributed by atoms with Gasteiger partial charge in [-0.3, -0.25) is 9.59 Å². The molecule has 2 N–H and O–H groups in total. The fraction of sp³-hybridized carbons (Fsp3) is 0.680. The number of nitrogens with zero attached hydrogens (tertiary/aromatic N) is 1. The Balaban J connectivity index is 1.48. The first-order valence-electron chi connectivity index (χ1n) is 12.1. The van der Waals surface area contributed by atoms with E-state index in [9.17, 15) is 27.9 Å². The molecule has 0 spiro atoms. The molecule has 0 heterocycles. The maximum Gasteiger partial charge on any atom is 0.416 e. The molecule has 194 valence electrons. The van der Waals surface area contributed by atoms with Gasteiger partial charge >= 0.3 is 6.18 Å². The van der Waals surface area contributed by atoms with Crippen LogP contribution in [0, 0.1) is 17.3 Å². The van der Waals surface area contributed by atoms with Gasteiger partial charge in [0.25, 0.3) is 0 Å². The van der Waals surface area contributed by atoms with Crippen LogP contribution in [0.3, 0.4) is 0 Å². The van der Waals surface area contributed by atoms with Gasteiger partial charge in [-0.15, -0.1) is 0 Å². The third-order valence-electron chi connectivity index (χ3n) is 7.61. The number of amides is 2. The number of halogens is 3. The predicted octanol–water partition coefficient (Wildman–Crippen LogP) is 3.85. The van der Waals surface area contributed by atoms with E-state index in [4.69, 9.17) is 9.47 Å². The van der Waals surface area contributed by atoms with Crippen molar-refractivity contribution in [3.63, 3.8) is 0 Å². The molecule has 4 fully saturated rings. The molecule has 4 atom stereocenters. The zero-order chi connectivity index (χ0) is 25.4. The highest BCUT2D eigenvalue weighted by Gasteiger charge is 2.60. The number of hydrogen-bond donors (Lipinski definition) is 2. The molecule has 4 aliphatic rings. The van der Waals surface area contributed by atoms with Crippen molar-refractivity contribution in [2.45, 2.75) is 57.2 Å². The van der Waals surface area contributed by atoms with Crippen molar-refractivity contribution in [1.29, 1.82) is 0 Å². The minimum absolute atomic E-state index is 0.0843. The second-order valence-electron chi connectivity index (χ2n) is 10.4. The van der Waals surface area contributed by atoms with Crippen molar-refractivity contribution in [3.8, 4) is 5.75 Å². The number of aliphatic hydroxyl groups is 1. The van der Waals surface area contributed by atoms with Gasteiger partial charge in [0.1, 0.15) is 12.4 Å². The van der Waals surface area contributed by atoms with Crippen LogP contribution >= 0.6 is 0 Å². The van der Waals surface area contributed by atoms with Crippen LogP contribution in [-0.2, 0) is 20.5 Å². The van der Waals surface area contributed by atoms with Crippen LogP contribution in [0.5, 0.6) is 5.75 Å². The average molecular weight is 499 g/mol. The van der Waals surface area contributed by atoms with Gasteiger partial charge in [-0.1, -0.05) is 0 Å². The number of carbonyl (C=O) groups excluding carboxylic acids is 2. The van der Waals surface area contributed by atoms with Crippen molar-refractivity contribution in [2.75, 3.05) is 38.7 Å². The zero-order valence-corrected chi connectivity index (χ0v) is 20.1. The van der Waals surface area contributed by atoms with Crippen molar-refractivity contribution in [3.05, 3.63) is 23.8 Å². The van der Waals surface area contributed by atoms with Crippen molar-refractivity contribution in [2.24, 2.45) is 17.3 Å². The predicted molar refractivity (Wildman–Crippen MR) is 122 cm³/mol. The summed E-state index contributed by atoms with van der Waals surface area (Å²) in [5.74, 6) is -0.0479. The maximum absolute atomic E-state index is 13.6. The minimum Gasteiger partial charge on any atom is -0.489 e. The van der Waals surface area contributed by atoms with Crippen LogP contribution in [0.1, 0.15) is 51.0 Å². The molecule has 10 heteroatoms. The van der Waals surface area contributed by atoms with Gasteiger partial charge in [0.05, 0.1) is 35.4 Å². The zero-order valence-electron chi connectivity index (χ0n) is 20.1. The van der Waals surface area contributed by atoms with E-state index >= 15 is 0 Å². The van der Waals surface area contributed by atoms with E-state index in [1.807, 2.05) is 0 Å². The van der Waals surface area contributed by atoms with Gasteiger partial charge in [-0.2, -0.15) is 13.2 Å². The number of rotatable bonds is 9. The molecule has 2 amide bonds. The van der Waals surface area contributed by atoms with Crippen molar-refractivity contribution < 1.29 is 37.3 Å². The van der Waals surface area contributed by atoms with E-state index in [2.05, 4.69) is 5.32 Å². The highest BCUT2D eigenvalue weighted by Crippen LogP contribution is 2.62. The first-order valence-corrected chi connectivity index (χ1v) is 12.1. The summed E-state index contributed by atoms with van der Waals surface area (Å²) in [5.41, 5.74) is -2.51. The molecule has 0 aromatic heterocycles. The first-order chi connectivity index (χ1) is 16.5. The quantitative estimate of drug-likeness (QED) is 0.505. The van der Waals surface area contributed by atoms with Crippen molar-refractivity contribution >= 4 is 17.5 Å². The Morgan fingerprint density at radius 2 is 1.86 bits per heavy atom. The Morgan fingerprint density at radius 3 is 2.43 bits per heavy atom. The smallest absolute Gasteiger partial charge is 0.416 e. The van der Waals surface area contributed by atoms with E-state index < -0.39 is 28.7 Å². The third-order valence-corrected chi connectivity index (χ3v) is 7.61. The highest BCUT2D eigenvalue weighted by molar-refractivity contribution is 5.96. The Hall–Kier alpha value is -2.33. The van der Waals surface area contributed by atoms with E-state index in [0.717, 1.165) is 37.5 Å². The average Bonchev–Trinajstić information content (AvgIpc) is 2.75. The SMILES string of the molecule is CCN(CC(=O)Nc1cc(C(F)(F)F)ccc1OCCOC)C(=O)C12C[C@@H]3C[C@@H](CC(O)(C3)C1)C2. The summed E-state index contributed by atoms with van der Waals surface area (Å²) < 4.78 is 50.2. The van der Waals surface area contributed by atoms with Gasteiger partial charge in [0.2, 0.25) is 11.8 Å². The summed E-state index contributed by atoms with van der Waals surface area (Å²) in [6, 6.07) is 2.87. The standard InChI is InChI=1S/C25H33F3N2O5/c1-3-30(22(32)23-10-16-8-17(11-23)13-24(33,12-16)15-23)14-21(31)29-19-9-18(25(26,27)28)4-5-20(19)35-7-6-34-2/h4-5,9,16-17,33H,3,6-8,10-15H2,1-2H3,(H,29,31)/t16-,17+,23?,24?. The molecule has 1 aromatic carbocycles. The van der Waals surface area contributed by atoms with Crippen molar-refractivity contribution in [1.82, 2.24) is 4.90 Å². The molecule has 4 aliphatic carbocycles. The molecule has 5 rings (SSSR count). The molecule has 1 aromatic rings. The number of anilines is 1. The lowest BCUT2D eigenvalue weighted by molar-refractivity contribution is -0.186. The van der Waals surface area contributed by atoms with Gasteiger partial charge in [0.15, 0.2) is 0 Å². The Bertz CT molecular complexity index is 953. The Morgan fingerprint density at radius 1 is 1.17 bits per heavy atom. The van der Waals surface area contributed by atoms with E-state index in [1.54, 1.807) is 6.92 Å². The molecule has 0 saturated heterocycles. The van der Waals surface area contributed by atoms with Gasteiger partial charge in [-0.25, -0.2) is 0 Å².